The molecule has 10 heteroatoms. The first-order chi connectivity index (χ1) is 16.5. The number of amides is 1. The van der Waals surface area contributed by atoms with Crippen LogP contribution in [0.15, 0.2) is 64.6 Å². The summed E-state index contributed by atoms with van der Waals surface area (Å²) in [5.41, 5.74) is 5.73. The lowest BCUT2D eigenvalue weighted by Crippen LogP contribution is -2.39. The van der Waals surface area contributed by atoms with Gasteiger partial charge in [-0.05, 0) is 55.7 Å². The molecule has 0 atom stereocenters. The molecule has 0 bridgehead atoms. The van der Waals surface area contributed by atoms with Crippen molar-refractivity contribution in [2.45, 2.75) is 32.2 Å². The SMILES string of the molecule is Cc1cc(C)c(S(=O)(=O)N(CC(=O)N/N=C/c2cccc(Cl)c2Cl)Cc2ccc(Cl)cc2)c(C)c1. The summed E-state index contributed by atoms with van der Waals surface area (Å²) < 4.78 is 28.6. The molecule has 35 heavy (non-hydrogen) atoms. The van der Waals surface area contributed by atoms with Gasteiger partial charge in [-0.15, -0.1) is 0 Å². The van der Waals surface area contributed by atoms with Crippen molar-refractivity contribution >= 4 is 56.9 Å². The molecule has 3 aromatic rings. The van der Waals surface area contributed by atoms with E-state index in [1.165, 1.54) is 6.21 Å². The average Bonchev–Trinajstić information content (AvgIpc) is 2.76. The third-order valence-electron chi connectivity index (χ3n) is 5.17. The number of hydrogen-bond donors (Lipinski definition) is 1. The summed E-state index contributed by atoms with van der Waals surface area (Å²) in [6, 6.07) is 15.4. The Morgan fingerprint density at radius 3 is 2.26 bits per heavy atom. The van der Waals surface area contributed by atoms with Crippen molar-refractivity contribution in [3.8, 4) is 0 Å². The Morgan fingerprint density at radius 2 is 1.63 bits per heavy atom. The third-order valence-corrected chi connectivity index (χ3v) is 8.35. The Hall–Kier alpha value is -2.42. The minimum absolute atomic E-state index is 0.0243. The lowest BCUT2D eigenvalue weighted by molar-refractivity contribution is -0.121. The number of nitrogens with one attached hydrogen (secondary N) is 1. The van der Waals surface area contributed by atoms with Crippen LogP contribution in [0.1, 0.15) is 27.8 Å². The highest BCUT2D eigenvalue weighted by Crippen LogP contribution is 2.27. The number of halogens is 3. The van der Waals surface area contributed by atoms with Crippen molar-refractivity contribution in [2.75, 3.05) is 6.54 Å². The maximum absolute atomic E-state index is 13.7. The molecular weight excluding hydrogens is 529 g/mol. The predicted molar refractivity (Wildman–Crippen MR) is 142 cm³/mol. The Kier molecular flexibility index (Phi) is 8.96. The molecule has 1 N–H and O–H groups in total. The summed E-state index contributed by atoms with van der Waals surface area (Å²) in [6.07, 6.45) is 1.35. The van der Waals surface area contributed by atoms with E-state index in [4.69, 9.17) is 34.8 Å². The summed E-state index contributed by atoms with van der Waals surface area (Å²) in [4.78, 5) is 12.9. The molecule has 0 radical (unpaired) electrons. The fourth-order valence-electron chi connectivity index (χ4n) is 3.71. The van der Waals surface area contributed by atoms with E-state index >= 15 is 0 Å². The van der Waals surface area contributed by atoms with Crippen molar-refractivity contribution in [3.63, 3.8) is 0 Å². The Bertz CT molecular complexity index is 1350. The van der Waals surface area contributed by atoms with Crippen molar-refractivity contribution in [1.29, 1.82) is 0 Å². The van der Waals surface area contributed by atoms with E-state index in [1.54, 1.807) is 68.4 Å². The molecule has 1 amide bonds. The Labute approximate surface area is 220 Å². The molecule has 0 saturated heterocycles. The fraction of sp³-hybridized carbons (Fsp3) is 0.200. The fourth-order valence-corrected chi connectivity index (χ4v) is 5.99. The van der Waals surface area contributed by atoms with Gasteiger partial charge < -0.3 is 0 Å². The number of sulfonamides is 1. The number of benzene rings is 3. The lowest BCUT2D eigenvalue weighted by atomic mass is 10.1. The molecule has 0 aromatic heterocycles. The zero-order chi connectivity index (χ0) is 25.8. The van der Waals surface area contributed by atoms with Gasteiger partial charge >= 0.3 is 0 Å². The minimum Gasteiger partial charge on any atom is -0.272 e. The number of carbonyl (C=O) groups excluding carboxylic acids is 1. The van der Waals surface area contributed by atoms with E-state index in [-0.39, 0.29) is 11.4 Å². The van der Waals surface area contributed by atoms with E-state index in [0.29, 0.717) is 37.3 Å². The molecule has 0 aliphatic heterocycles. The highest BCUT2D eigenvalue weighted by molar-refractivity contribution is 7.89. The molecule has 0 aliphatic rings. The molecule has 3 rings (SSSR count). The quantitative estimate of drug-likeness (QED) is 0.279. The standard InChI is InChI=1S/C25H24Cl3N3O3S/c1-16-11-17(2)25(18(3)12-16)35(33,34)31(14-19-7-9-21(26)10-8-19)15-23(32)30-29-13-20-5-4-6-22(27)24(20)28/h4-13H,14-15H2,1-3H3,(H,30,32)/b29-13+. The van der Waals surface area contributed by atoms with Crippen LogP contribution in [-0.2, 0) is 21.4 Å². The van der Waals surface area contributed by atoms with Gasteiger partial charge in [-0.3, -0.25) is 4.79 Å². The van der Waals surface area contributed by atoms with Crippen molar-refractivity contribution in [2.24, 2.45) is 5.10 Å². The van der Waals surface area contributed by atoms with Gasteiger partial charge in [0.25, 0.3) is 5.91 Å². The molecule has 6 nitrogen and oxygen atoms in total. The zero-order valence-electron chi connectivity index (χ0n) is 19.3. The van der Waals surface area contributed by atoms with Crippen LogP contribution in [0.25, 0.3) is 0 Å². The van der Waals surface area contributed by atoms with Crippen molar-refractivity contribution in [3.05, 3.63) is 97.5 Å². The number of hydrazone groups is 1. The van der Waals surface area contributed by atoms with E-state index in [2.05, 4.69) is 10.5 Å². The number of rotatable bonds is 8. The van der Waals surface area contributed by atoms with E-state index in [9.17, 15) is 13.2 Å². The predicted octanol–water partition coefficient (Wildman–Crippen LogP) is 5.91. The molecule has 0 spiro atoms. The summed E-state index contributed by atoms with van der Waals surface area (Å²) in [6.45, 7) is 4.92. The second kappa shape index (κ2) is 11.5. The monoisotopic (exact) mass is 551 g/mol. The largest absolute Gasteiger partial charge is 0.272 e. The van der Waals surface area contributed by atoms with Crippen LogP contribution < -0.4 is 5.43 Å². The van der Waals surface area contributed by atoms with Crippen LogP contribution in [0.3, 0.4) is 0 Å². The second-order valence-electron chi connectivity index (χ2n) is 8.06. The highest BCUT2D eigenvalue weighted by Gasteiger charge is 2.30. The Morgan fingerprint density at radius 1 is 1.00 bits per heavy atom. The summed E-state index contributed by atoms with van der Waals surface area (Å²) in [5.74, 6) is -0.612. The lowest BCUT2D eigenvalue weighted by Gasteiger charge is -2.24. The van der Waals surface area contributed by atoms with E-state index in [0.717, 1.165) is 9.87 Å². The van der Waals surface area contributed by atoms with Crippen LogP contribution >= 0.6 is 34.8 Å². The van der Waals surface area contributed by atoms with Crippen LogP contribution in [0.4, 0.5) is 0 Å². The van der Waals surface area contributed by atoms with Crippen LogP contribution in [0.2, 0.25) is 15.1 Å². The van der Waals surface area contributed by atoms with E-state index in [1.807, 2.05) is 6.92 Å². The topological polar surface area (TPSA) is 78.8 Å². The number of hydrogen-bond acceptors (Lipinski definition) is 4. The number of aryl methyl sites for hydroxylation is 3. The first-order valence-electron chi connectivity index (χ1n) is 10.6. The van der Waals surface area contributed by atoms with Gasteiger partial charge in [0, 0.05) is 17.1 Å². The minimum atomic E-state index is -4.02. The third kappa shape index (κ3) is 6.84. The summed E-state index contributed by atoms with van der Waals surface area (Å²) in [5, 5.41) is 5.09. The van der Waals surface area contributed by atoms with Crippen LogP contribution in [0.5, 0.6) is 0 Å². The molecule has 0 saturated carbocycles. The molecule has 0 aliphatic carbocycles. The van der Waals surface area contributed by atoms with Gasteiger partial charge in [-0.1, -0.05) is 76.8 Å². The average molecular weight is 553 g/mol. The number of nitrogens with zero attached hydrogens (tertiary/aromatic N) is 2. The molecule has 184 valence electrons. The Balaban J connectivity index is 1.88. The molecule has 0 unspecified atom stereocenters. The maximum Gasteiger partial charge on any atom is 0.255 e. The van der Waals surface area contributed by atoms with Crippen molar-refractivity contribution < 1.29 is 13.2 Å². The van der Waals surface area contributed by atoms with Gasteiger partial charge in [0.1, 0.15) is 0 Å². The van der Waals surface area contributed by atoms with Gasteiger partial charge in [-0.25, -0.2) is 13.8 Å². The van der Waals surface area contributed by atoms with Crippen LogP contribution in [0, 0.1) is 20.8 Å². The highest BCUT2D eigenvalue weighted by atomic mass is 35.5. The van der Waals surface area contributed by atoms with Gasteiger partial charge in [0.2, 0.25) is 10.0 Å². The molecular formula is C25H24Cl3N3O3S. The summed E-state index contributed by atoms with van der Waals surface area (Å²) in [7, 11) is -4.02. The summed E-state index contributed by atoms with van der Waals surface area (Å²) >= 11 is 18.1. The normalized spacial score (nSPS) is 11.9. The second-order valence-corrected chi connectivity index (χ2v) is 11.2. The smallest absolute Gasteiger partial charge is 0.255 e. The first-order valence-corrected chi connectivity index (χ1v) is 13.1. The van der Waals surface area contributed by atoms with Crippen LogP contribution in [-0.4, -0.2) is 31.4 Å². The first kappa shape index (κ1) is 27.2. The molecule has 0 heterocycles. The molecule has 3 aromatic carbocycles. The number of carbonyl (C=O) groups is 1. The maximum atomic E-state index is 13.7. The zero-order valence-corrected chi connectivity index (χ0v) is 22.4. The van der Waals surface area contributed by atoms with E-state index < -0.39 is 22.5 Å². The van der Waals surface area contributed by atoms with Gasteiger partial charge in [-0.2, -0.15) is 9.41 Å². The van der Waals surface area contributed by atoms with Crippen molar-refractivity contribution in [1.82, 2.24) is 9.73 Å². The molecule has 0 fully saturated rings. The van der Waals surface area contributed by atoms with Gasteiger partial charge in [0.05, 0.1) is 27.7 Å². The van der Waals surface area contributed by atoms with Gasteiger partial charge in [0.15, 0.2) is 0 Å².